The van der Waals surface area contributed by atoms with Gasteiger partial charge in [-0.1, -0.05) is 18.2 Å². The fourth-order valence-electron chi connectivity index (χ4n) is 3.21. The van der Waals surface area contributed by atoms with Crippen molar-refractivity contribution >= 4 is 5.69 Å². The van der Waals surface area contributed by atoms with Gasteiger partial charge < -0.3 is 9.47 Å². The number of imidazole rings is 1. The van der Waals surface area contributed by atoms with Gasteiger partial charge in [-0.05, 0) is 24.5 Å². The summed E-state index contributed by atoms with van der Waals surface area (Å²) in [6, 6.07) is 8.72. The monoisotopic (exact) mass is 305 g/mol. The van der Waals surface area contributed by atoms with E-state index in [1.807, 2.05) is 12.4 Å². The van der Waals surface area contributed by atoms with Crippen LogP contribution in [0.4, 0.5) is 5.69 Å². The molecule has 1 aromatic carbocycles. The summed E-state index contributed by atoms with van der Waals surface area (Å²) in [5.41, 5.74) is 3.65. The van der Waals surface area contributed by atoms with Gasteiger partial charge in [-0.15, -0.1) is 0 Å². The second-order valence-electron chi connectivity index (χ2n) is 5.75. The minimum atomic E-state index is 0.816. The van der Waals surface area contributed by atoms with E-state index in [0.29, 0.717) is 0 Å². The second-order valence-corrected chi connectivity index (χ2v) is 5.75. The van der Waals surface area contributed by atoms with Crippen LogP contribution in [0.2, 0.25) is 0 Å². The fraction of sp³-hybridized carbons (Fsp3) is 0.278. The third-order valence-electron chi connectivity index (χ3n) is 4.33. The second kappa shape index (κ2) is 6.20. The summed E-state index contributed by atoms with van der Waals surface area (Å²) in [5, 5.41) is 0. The number of para-hydroxylation sites is 1. The molecule has 0 N–H and O–H groups in total. The molecule has 1 aliphatic heterocycles. The van der Waals surface area contributed by atoms with Gasteiger partial charge in [0.05, 0.1) is 6.20 Å². The van der Waals surface area contributed by atoms with Crippen molar-refractivity contribution in [1.82, 2.24) is 19.5 Å². The van der Waals surface area contributed by atoms with Crippen LogP contribution in [0.25, 0.3) is 11.5 Å². The zero-order valence-corrected chi connectivity index (χ0v) is 13.0. The Kier molecular flexibility index (Phi) is 3.76. The Morgan fingerprint density at radius 1 is 1.00 bits per heavy atom. The van der Waals surface area contributed by atoms with Crippen LogP contribution in [-0.2, 0) is 13.0 Å². The molecular formula is C18H19N5. The topological polar surface area (TPSA) is 46.8 Å². The van der Waals surface area contributed by atoms with Crippen molar-refractivity contribution in [3.63, 3.8) is 0 Å². The maximum Gasteiger partial charge on any atom is 0.160 e. The van der Waals surface area contributed by atoms with Gasteiger partial charge in [0.15, 0.2) is 5.82 Å². The highest BCUT2D eigenvalue weighted by Crippen LogP contribution is 2.26. The van der Waals surface area contributed by atoms with Crippen LogP contribution < -0.4 is 4.90 Å². The Bertz CT molecular complexity index is 781. The number of nitrogens with zero attached hydrogens (tertiary/aromatic N) is 5. The molecule has 116 valence electrons. The zero-order chi connectivity index (χ0) is 15.5. The lowest BCUT2D eigenvalue weighted by atomic mass is 10.0. The number of aryl methyl sites for hydroxylation is 1. The predicted octanol–water partition coefficient (Wildman–Crippen LogP) is 2.79. The van der Waals surface area contributed by atoms with Crippen LogP contribution >= 0.6 is 0 Å². The van der Waals surface area contributed by atoms with Gasteiger partial charge >= 0.3 is 0 Å². The number of anilines is 1. The molecule has 0 aliphatic carbocycles. The third-order valence-corrected chi connectivity index (χ3v) is 4.33. The van der Waals surface area contributed by atoms with Gasteiger partial charge in [-0.2, -0.15) is 0 Å². The van der Waals surface area contributed by atoms with Crippen molar-refractivity contribution < 1.29 is 0 Å². The number of aromatic nitrogens is 4. The molecule has 3 heterocycles. The zero-order valence-electron chi connectivity index (χ0n) is 13.0. The first-order chi connectivity index (χ1) is 11.4. The Morgan fingerprint density at radius 3 is 2.87 bits per heavy atom. The number of hydrogen-bond acceptors (Lipinski definition) is 4. The van der Waals surface area contributed by atoms with Gasteiger partial charge in [-0.25, -0.2) is 9.97 Å². The van der Waals surface area contributed by atoms with Crippen molar-refractivity contribution in [2.24, 2.45) is 0 Å². The molecule has 5 nitrogen and oxygen atoms in total. The molecule has 0 unspecified atom stereocenters. The van der Waals surface area contributed by atoms with Crippen molar-refractivity contribution in [3.05, 3.63) is 60.8 Å². The molecule has 4 rings (SSSR count). The molecule has 2 aromatic heterocycles. The largest absolute Gasteiger partial charge is 0.370 e. The molecular weight excluding hydrogens is 286 g/mol. The summed E-state index contributed by atoms with van der Waals surface area (Å²) in [6.45, 7) is 2.98. The molecule has 1 aliphatic rings. The Balaban J connectivity index is 1.52. The summed E-state index contributed by atoms with van der Waals surface area (Å²) < 4.78 is 2.15. The molecule has 0 fully saturated rings. The smallest absolute Gasteiger partial charge is 0.160 e. The first-order valence-corrected chi connectivity index (χ1v) is 8.02. The Morgan fingerprint density at radius 2 is 1.96 bits per heavy atom. The minimum Gasteiger partial charge on any atom is -0.370 e. The highest BCUT2D eigenvalue weighted by molar-refractivity contribution is 5.55. The van der Waals surface area contributed by atoms with E-state index in [1.54, 1.807) is 18.6 Å². The molecule has 3 aromatic rings. The van der Waals surface area contributed by atoms with Gasteiger partial charge in [-0.3, -0.25) is 4.98 Å². The Labute approximate surface area is 135 Å². The normalized spacial score (nSPS) is 13.8. The maximum atomic E-state index is 4.44. The molecule has 0 bridgehead atoms. The molecule has 0 saturated heterocycles. The van der Waals surface area contributed by atoms with Gasteiger partial charge in [0.25, 0.3) is 0 Å². The fourth-order valence-corrected chi connectivity index (χ4v) is 3.21. The first-order valence-electron chi connectivity index (χ1n) is 8.02. The molecule has 0 saturated carbocycles. The lowest BCUT2D eigenvalue weighted by Gasteiger charge is -2.31. The van der Waals surface area contributed by atoms with Crippen LogP contribution in [0.1, 0.15) is 12.0 Å². The van der Waals surface area contributed by atoms with Crippen LogP contribution in [0.3, 0.4) is 0 Å². The molecule has 0 spiro atoms. The highest BCUT2D eigenvalue weighted by atomic mass is 15.2. The number of fused-ring (bicyclic) bond motifs is 1. The Hall–Kier alpha value is -2.69. The summed E-state index contributed by atoms with van der Waals surface area (Å²) in [6.07, 6.45) is 11.4. The summed E-state index contributed by atoms with van der Waals surface area (Å²) in [4.78, 5) is 15.4. The SMILES string of the molecule is c1ccc2c(c1)CCCN2CCn1ccnc1-c1cnccn1. The number of benzene rings is 1. The van der Waals surface area contributed by atoms with Crippen LogP contribution in [0, 0.1) is 0 Å². The molecule has 0 amide bonds. The van der Waals surface area contributed by atoms with Gasteiger partial charge in [0, 0.05) is 50.1 Å². The molecule has 0 radical (unpaired) electrons. The average Bonchev–Trinajstić information content (AvgIpc) is 3.09. The van der Waals surface area contributed by atoms with Crippen molar-refractivity contribution in [2.45, 2.75) is 19.4 Å². The van der Waals surface area contributed by atoms with Crippen molar-refractivity contribution in [1.29, 1.82) is 0 Å². The quantitative estimate of drug-likeness (QED) is 0.743. The van der Waals surface area contributed by atoms with E-state index in [-0.39, 0.29) is 0 Å². The summed E-state index contributed by atoms with van der Waals surface area (Å²) in [5.74, 6) is 0.878. The van der Waals surface area contributed by atoms with Gasteiger partial charge in [0.2, 0.25) is 0 Å². The number of rotatable bonds is 4. The van der Waals surface area contributed by atoms with E-state index in [0.717, 1.165) is 31.2 Å². The van der Waals surface area contributed by atoms with Crippen molar-refractivity contribution in [2.75, 3.05) is 18.0 Å². The highest BCUT2D eigenvalue weighted by Gasteiger charge is 2.16. The van der Waals surface area contributed by atoms with Crippen LogP contribution in [-0.4, -0.2) is 32.6 Å². The summed E-state index contributed by atoms with van der Waals surface area (Å²) in [7, 11) is 0. The predicted molar refractivity (Wildman–Crippen MR) is 90.2 cm³/mol. The average molecular weight is 305 g/mol. The van der Waals surface area contributed by atoms with Crippen LogP contribution in [0.15, 0.2) is 55.2 Å². The van der Waals surface area contributed by atoms with Crippen LogP contribution in [0.5, 0.6) is 0 Å². The van der Waals surface area contributed by atoms with Gasteiger partial charge in [0.1, 0.15) is 5.69 Å². The van der Waals surface area contributed by atoms with E-state index in [2.05, 4.69) is 48.7 Å². The van der Waals surface area contributed by atoms with Crippen molar-refractivity contribution in [3.8, 4) is 11.5 Å². The molecule has 0 atom stereocenters. The van der Waals surface area contributed by atoms with E-state index in [4.69, 9.17) is 0 Å². The third kappa shape index (κ3) is 2.82. The lowest BCUT2D eigenvalue weighted by Crippen LogP contribution is -2.32. The van der Waals surface area contributed by atoms with E-state index in [9.17, 15) is 0 Å². The van der Waals surface area contributed by atoms with E-state index in [1.165, 1.54) is 24.1 Å². The molecule has 23 heavy (non-hydrogen) atoms. The molecule has 5 heteroatoms. The number of hydrogen-bond donors (Lipinski definition) is 0. The summed E-state index contributed by atoms with van der Waals surface area (Å²) >= 11 is 0. The maximum absolute atomic E-state index is 4.44. The first kappa shape index (κ1) is 13.9. The standard InChI is InChI=1S/C18H19N5/c1-2-6-17-15(4-1)5-3-10-22(17)12-13-23-11-9-21-18(23)16-14-19-7-8-20-16/h1-2,4,6-9,11,14H,3,5,10,12-13H2. The van der Waals surface area contributed by atoms with E-state index >= 15 is 0 Å². The minimum absolute atomic E-state index is 0.816. The lowest BCUT2D eigenvalue weighted by molar-refractivity contribution is 0.625. The van der Waals surface area contributed by atoms with E-state index < -0.39 is 0 Å².